The van der Waals surface area contributed by atoms with Crippen molar-refractivity contribution >= 4 is 11.9 Å². The molecule has 4 nitrogen and oxygen atoms in total. The van der Waals surface area contributed by atoms with E-state index >= 15 is 0 Å². The smallest absolute Gasteiger partial charge is 0.323 e. The van der Waals surface area contributed by atoms with E-state index in [2.05, 4.69) is 0 Å². The molecule has 1 aliphatic heterocycles. The van der Waals surface area contributed by atoms with Gasteiger partial charge in [0.25, 0.3) is 5.79 Å². The van der Waals surface area contributed by atoms with Crippen LogP contribution in [-0.4, -0.2) is 17.7 Å². The number of carbonyl (C=O) groups excluding carboxylic acids is 2. The van der Waals surface area contributed by atoms with Crippen molar-refractivity contribution in [3.05, 3.63) is 0 Å². The zero-order chi connectivity index (χ0) is 9.35. The van der Waals surface area contributed by atoms with Crippen molar-refractivity contribution < 1.29 is 19.1 Å². The Morgan fingerprint density at radius 3 is 2.00 bits per heavy atom. The van der Waals surface area contributed by atoms with E-state index in [1.54, 1.807) is 6.92 Å². The number of carbonyl (C=O) groups is 2. The van der Waals surface area contributed by atoms with Crippen LogP contribution in [0.4, 0.5) is 0 Å². The van der Waals surface area contributed by atoms with Crippen molar-refractivity contribution in [3.63, 3.8) is 0 Å². The van der Waals surface area contributed by atoms with Gasteiger partial charge in [0.05, 0.1) is 0 Å². The highest BCUT2D eigenvalue weighted by atomic mass is 16.7. The molecule has 1 fully saturated rings. The number of hydrogen-bond donors (Lipinski definition) is 0. The van der Waals surface area contributed by atoms with Crippen molar-refractivity contribution in [3.8, 4) is 0 Å². The van der Waals surface area contributed by atoms with Gasteiger partial charge in [0.1, 0.15) is 0 Å². The highest BCUT2D eigenvalue weighted by Crippen LogP contribution is 2.24. The molecule has 1 aliphatic rings. The molecule has 0 saturated carbocycles. The van der Waals surface area contributed by atoms with Crippen LogP contribution in [0.3, 0.4) is 0 Å². The Labute approximate surface area is 70.8 Å². The fraction of sp³-hybridized carbons (Fsp3) is 0.750. The lowest BCUT2D eigenvalue weighted by Crippen LogP contribution is -2.45. The fourth-order valence-electron chi connectivity index (χ4n) is 1.08. The number of hydrogen-bond acceptors (Lipinski definition) is 4. The maximum Gasteiger partial charge on any atom is 0.323 e. The first-order chi connectivity index (χ1) is 5.46. The topological polar surface area (TPSA) is 52.6 Å². The summed E-state index contributed by atoms with van der Waals surface area (Å²) in [6.07, 6.45) is 0.424. The summed E-state index contributed by atoms with van der Waals surface area (Å²) < 4.78 is 9.73. The first-order valence-corrected chi connectivity index (χ1v) is 3.92. The van der Waals surface area contributed by atoms with Crippen LogP contribution in [0.15, 0.2) is 0 Å². The summed E-state index contributed by atoms with van der Waals surface area (Å²) in [6, 6.07) is 0. The zero-order valence-corrected chi connectivity index (χ0v) is 7.42. The van der Waals surface area contributed by atoms with E-state index in [0.717, 1.165) is 0 Å². The predicted octanol–water partition coefficient (Wildman–Crippen LogP) is 0.849. The molecular formula is C8H12O4. The SMILES string of the molecule is CCC1C(=O)OC(C)(C)OC1=O. The predicted molar refractivity (Wildman–Crippen MR) is 40.0 cm³/mol. The minimum Gasteiger partial charge on any atom is -0.422 e. The first kappa shape index (κ1) is 9.03. The summed E-state index contributed by atoms with van der Waals surface area (Å²) in [4.78, 5) is 22.3. The average Bonchev–Trinajstić information content (AvgIpc) is 1.82. The van der Waals surface area contributed by atoms with E-state index in [1.807, 2.05) is 0 Å². The lowest BCUT2D eigenvalue weighted by Gasteiger charge is -2.32. The van der Waals surface area contributed by atoms with E-state index in [4.69, 9.17) is 9.47 Å². The van der Waals surface area contributed by atoms with Gasteiger partial charge in [-0.3, -0.25) is 9.59 Å². The van der Waals surface area contributed by atoms with Crippen LogP contribution in [0.2, 0.25) is 0 Å². The third kappa shape index (κ3) is 1.57. The van der Waals surface area contributed by atoms with Crippen molar-refractivity contribution in [2.45, 2.75) is 33.0 Å². The Morgan fingerprint density at radius 2 is 1.67 bits per heavy atom. The molecule has 0 aromatic rings. The van der Waals surface area contributed by atoms with Crippen molar-refractivity contribution in [2.24, 2.45) is 5.92 Å². The normalized spacial score (nSPS) is 23.2. The molecule has 0 aromatic heterocycles. The Hall–Kier alpha value is -1.06. The Bertz CT molecular complexity index is 199. The minimum atomic E-state index is -1.10. The van der Waals surface area contributed by atoms with Crippen LogP contribution in [0.1, 0.15) is 27.2 Å². The third-order valence-corrected chi connectivity index (χ3v) is 1.67. The van der Waals surface area contributed by atoms with E-state index < -0.39 is 23.6 Å². The van der Waals surface area contributed by atoms with Crippen LogP contribution in [0, 0.1) is 5.92 Å². The van der Waals surface area contributed by atoms with Gasteiger partial charge in [-0.1, -0.05) is 6.92 Å². The lowest BCUT2D eigenvalue weighted by atomic mass is 10.1. The lowest BCUT2D eigenvalue weighted by molar-refractivity contribution is -0.239. The first-order valence-electron chi connectivity index (χ1n) is 3.92. The van der Waals surface area contributed by atoms with Gasteiger partial charge in [-0.2, -0.15) is 0 Å². The molecule has 0 radical (unpaired) electrons. The summed E-state index contributed by atoms with van der Waals surface area (Å²) in [5.74, 6) is -2.81. The van der Waals surface area contributed by atoms with E-state index in [9.17, 15) is 9.59 Å². The summed E-state index contributed by atoms with van der Waals surface area (Å²) >= 11 is 0. The molecule has 0 aliphatic carbocycles. The van der Waals surface area contributed by atoms with Crippen LogP contribution in [-0.2, 0) is 19.1 Å². The van der Waals surface area contributed by atoms with Gasteiger partial charge < -0.3 is 9.47 Å². The number of esters is 2. The van der Waals surface area contributed by atoms with Gasteiger partial charge in [-0.25, -0.2) is 0 Å². The van der Waals surface area contributed by atoms with Crippen molar-refractivity contribution in [1.29, 1.82) is 0 Å². The van der Waals surface area contributed by atoms with Crippen molar-refractivity contribution in [1.82, 2.24) is 0 Å². The molecule has 0 unspecified atom stereocenters. The molecule has 0 N–H and O–H groups in total. The number of rotatable bonds is 1. The second-order valence-corrected chi connectivity index (χ2v) is 3.20. The summed E-state index contributed by atoms with van der Waals surface area (Å²) in [5, 5.41) is 0. The van der Waals surface area contributed by atoms with E-state index in [1.165, 1.54) is 13.8 Å². The quantitative estimate of drug-likeness (QED) is 0.434. The molecule has 1 heterocycles. The van der Waals surface area contributed by atoms with Gasteiger partial charge >= 0.3 is 11.9 Å². The van der Waals surface area contributed by atoms with Gasteiger partial charge in [0.2, 0.25) is 0 Å². The second-order valence-electron chi connectivity index (χ2n) is 3.20. The molecule has 0 spiro atoms. The van der Waals surface area contributed by atoms with Gasteiger partial charge in [-0.05, 0) is 6.42 Å². The molecular weight excluding hydrogens is 160 g/mol. The monoisotopic (exact) mass is 172 g/mol. The van der Waals surface area contributed by atoms with Gasteiger partial charge in [-0.15, -0.1) is 0 Å². The summed E-state index contributed by atoms with van der Waals surface area (Å²) in [6.45, 7) is 4.81. The standard InChI is InChI=1S/C8H12O4/c1-4-5-6(9)11-8(2,3)12-7(5)10/h5H,4H2,1-3H3. The van der Waals surface area contributed by atoms with E-state index in [0.29, 0.717) is 6.42 Å². The van der Waals surface area contributed by atoms with Crippen LogP contribution >= 0.6 is 0 Å². The number of ether oxygens (including phenoxy) is 2. The second kappa shape index (κ2) is 2.77. The highest BCUT2D eigenvalue weighted by molar-refractivity contribution is 5.96. The highest BCUT2D eigenvalue weighted by Gasteiger charge is 2.41. The molecule has 0 bridgehead atoms. The molecule has 0 amide bonds. The summed E-state index contributed by atoms with van der Waals surface area (Å²) in [5.41, 5.74) is 0. The molecule has 68 valence electrons. The Kier molecular flexibility index (Phi) is 2.08. The van der Waals surface area contributed by atoms with Crippen molar-refractivity contribution in [2.75, 3.05) is 0 Å². The van der Waals surface area contributed by atoms with Gasteiger partial charge in [0.15, 0.2) is 5.92 Å². The molecule has 0 atom stereocenters. The average molecular weight is 172 g/mol. The Morgan fingerprint density at radius 1 is 1.25 bits per heavy atom. The summed E-state index contributed by atoms with van der Waals surface area (Å²) in [7, 11) is 0. The van der Waals surface area contributed by atoms with Crippen LogP contribution < -0.4 is 0 Å². The molecule has 0 aromatic carbocycles. The Balaban J connectivity index is 2.77. The maximum absolute atomic E-state index is 11.1. The largest absolute Gasteiger partial charge is 0.422 e. The third-order valence-electron chi connectivity index (χ3n) is 1.67. The van der Waals surface area contributed by atoms with Gasteiger partial charge in [0, 0.05) is 13.8 Å². The minimum absolute atomic E-state index is 0.424. The molecule has 12 heavy (non-hydrogen) atoms. The molecule has 1 saturated heterocycles. The van der Waals surface area contributed by atoms with Crippen LogP contribution in [0.5, 0.6) is 0 Å². The van der Waals surface area contributed by atoms with Crippen LogP contribution in [0.25, 0.3) is 0 Å². The maximum atomic E-state index is 11.1. The fourth-order valence-corrected chi connectivity index (χ4v) is 1.08. The van der Waals surface area contributed by atoms with E-state index in [-0.39, 0.29) is 0 Å². The molecule has 4 heteroatoms. The number of cyclic esters (lactones) is 2. The zero-order valence-electron chi connectivity index (χ0n) is 7.42. The molecule has 1 rings (SSSR count).